The molecule has 1 aliphatic heterocycles. The van der Waals surface area contributed by atoms with E-state index in [2.05, 4.69) is 22.1 Å². The van der Waals surface area contributed by atoms with Crippen molar-refractivity contribution in [2.24, 2.45) is 0 Å². The van der Waals surface area contributed by atoms with Gasteiger partial charge in [0.05, 0.1) is 11.6 Å². The van der Waals surface area contributed by atoms with Gasteiger partial charge in [-0.3, -0.25) is 4.79 Å². The molecule has 3 aromatic rings. The molecule has 0 spiro atoms. The van der Waals surface area contributed by atoms with Gasteiger partial charge in [-0.15, -0.1) is 0 Å². The van der Waals surface area contributed by atoms with Crippen molar-refractivity contribution in [2.75, 3.05) is 19.6 Å². The summed E-state index contributed by atoms with van der Waals surface area (Å²) in [4.78, 5) is 15.7. The zero-order valence-electron chi connectivity index (χ0n) is 14.8. The molecule has 0 aliphatic carbocycles. The number of benzene rings is 2. The van der Waals surface area contributed by atoms with E-state index in [1.54, 1.807) is 10.9 Å². The Morgan fingerprint density at radius 2 is 1.54 bits per heavy atom. The molecule has 1 atom stereocenters. The summed E-state index contributed by atoms with van der Waals surface area (Å²) in [5.41, 5.74) is 2.72. The average molecular weight is 345 g/mol. The summed E-state index contributed by atoms with van der Waals surface area (Å²) in [6, 6.07) is 21.8. The van der Waals surface area contributed by atoms with Crippen molar-refractivity contribution >= 4 is 0 Å². The topological polar surface area (TPSA) is 38.1 Å². The maximum absolute atomic E-state index is 13.2. The molecule has 4 nitrogen and oxygen atoms in total. The second-order valence-corrected chi connectivity index (χ2v) is 6.79. The predicted molar refractivity (Wildman–Crippen MR) is 104 cm³/mol. The molecule has 1 fully saturated rings. The van der Waals surface area contributed by atoms with Gasteiger partial charge in [-0.05, 0) is 43.1 Å². The Hall–Kier alpha value is -2.72. The Morgan fingerprint density at radius 1 is 0.885 bits per heavy atom. The van der Waals surface area contributed by atoms with Gasteiger partial charge >= 0.3 is 0 Å². The van der Waals surface area contributed by atoms with Crippen LogP contribution in [0, 0.1) is 0 Å². The summed E-state index contributed by atoms with van der Waals surface area (Å²) in [5, 5.41) is 4.46. The molecule has 0 N–H and O–H groups in total. The quantitative estimate of drug-likeness (QED) is 0.709. The number of likely N-dealkylation sites (tertiary alicyclic amines) is 1. The molecule has 1 aromatic heterocycles. The van der Waals surface area contributed by atoms with E-state index in [0.717, 1.165) is 30.8 Å². The third-order valence-electron chi connectivity index (χ3n) is 5.06. The van der Waals surface area contributed by atoms with E-state index in [4.69, 9.17) is 0 Å². The smallest absolute Gasteiger partial charge is 0.275 e. The first-order valence-corrected chi connectivity index (χ1v) is 9.23. The lowest BCUT2D eigenvalue weighted by Crippen LogP contribution is -2.36. The monoisotopic (exact) mass is 345 g/mol. The van der Waals surface area contributed by atoms with Crippen molar-refractivity contribution in [3.05, 3.63) is 88.8 Å². The molecule has 0 bridgehead atoms. The minimum absolute atomic E-state index is 0.0354. The van der Waals surface area contributed by atoms with Crippen LogP contribution >= 0.6 is 0 Å². The standard InChI is InChI=1S/C22H23N3O/c26-22-20(18-9-3-1-4-10-18)13-14-23-25(22)21(17-24-15-7-8-16-24)19-11-5-2-6-12-19/h1-6,9-14,21H,7-8,15-17H2. The summed E-state index contributed by atoms with van der Waals surface area (Å²) < 4.78 is 1.66. The van der Waals surface area contributed by atoms with Gasteiger partial charge in [-0.2, -0.15) is 5.10 Å². The molecule has 2 heterocycles. The SMILES string of the molecule is O=c1c(-c2ccccc2)ccnn1C(CN1CCCC1)c1ccccc1. The van der Waals surface area contributed by atoms with Crippen molar-refractivity contribution in [2.45, 2.75) is 18.9 Å². The highest BCUT2D eigenvalue weighted by Crippen LogP contribution is 2.21. The third kappa shape index (κ3) is 3.46. The van der Waals surface area contributed by atoms with Crippen molar-refractivity contribution in [3.8, 4) is 11.1 Å². The van der Waals surface area contributed by atoms with Crippen LogP contribution in [0.5, 0.6) is 0 Å². The van der Waals surface area contributed by atoms with E-state index in [9.17, 15) is 4.79 Å². The number of hydrogen-bond acceptors (Lipinski definition) is 3. The van der Waals surface area contributed by atoms with E-state index in [1.165, 1.54) is 12.8 Å². The fourth-order valence-corrected chi connectivity index (χ4v) is 3.70. The highest BCUT2D eigenvalue weighted by Gasteiger charge is 2.23. The van der Waals surface area contributed by atoms with Crippen LogP contribution in [0.3, 0.4) is 0 Å². The largest absolute Gasteiger partial charge is 0.301 e. The maximum atomic E-state index is 13.2. The zero-order valence-corrected chi connectivity index (χ0v) is 14.8. The lowest BCUT2D eigenvalue weighted by Gasteiger charge is -2.25. The van der Waals surface area contributed by atoms with Crippen molar-refractivity contribution in [3.63, 3.8) is 0 Å². The average Bonchev–Trinajstić information content (AvgIpc) is 3.21. The fraction of sp³-hybridized carbons (Fsp3) is 0.273. The third-order valence-corrected chi connectivity index (χ3v) is 5.06. The van der Waals surface area contributed by atoms with Crippen molar-refractivity contribution < 1.29 is 0 Å². The van der Waals surface area contributed by atoms with Gasteiger partial charge in [-0.1, -0.05) is 60.7 Å². The molecule has 0 radical (unpaired) electrons. The van der Waals surface area contributed by atoms with Crippen LogP contribution in [0.1, 0.15) is 24.4 Å². The van der Waals surface area contributed by atoms with E-state index in [-0.39, 0.29) is 11.6 Å². The van der Waals surface area contributed by atoms with Crippen LogP contribution in [0.2, 0.25) is 0 Å². The molecular formula is C22H23N3O. The zero-order chi connectivity index (χ0) is 17.8. The first-order chi connectivity index (χ1) is 12.8. The summed E-state index contributed by atoms with van der Waals surface area (Å²) in [5.74, 6) is 0. The van der Waals surface area contributed by atoms with Gasteiger partial charge in [0.15, 0.2) is 0 Å². The normalized spacial score (nSPS) is 15.8. The van der Waals surface area contributed by atoms with Crippen LogP contribution in [0.15, 0.2) is 77.7 Å². The number of aromatic nitrogens is 2. The molecule has 1 unspecified atom stereocenters. The second-order valence-electron chi connectivity index (χ2n) is 6.79. The van der Waals surface area contributed by atoms with E-state index < -0.39 is 0 Å². The summed E-state index contributed by atoms with van der Waals surface area (Å²) in [6.07, 6.45) is 4.20. The molecule has 1 saturated heterocycles. The lowest BCUT2D eigenvalue weighted by molar-refractivity contribution is 0.284. The Kier molecular flexibility index (Phi) is 4.93. The Labute approximate surface area is 153 Å². The number of rotatable bonds is 5. The molecule has 0 saturated carbocycles. The lowest BCUT2D eigenvalue weighted by atomic mass is 10.1. The van der Waals surface area contributed by atoms with Gasteiger partial charge < -0.3 is 4.90 Å². The van der Waals surface area contributed by atoms with Gasteiger partial charge in [0.2, 0.25) is 0 Å². The molecule has 0 amide bonds. The molecular weight excluding hydrogens is 322 g/mol. The molecule has 2 aromatic carbocycles. The molecule has 132 valence electrons. The highest BCUT2D eigenvalue weighted by atomic mass is 16.1. The van der Waals surface area contributed by atoms with Crippen LogP contribution in [-0.2, 0) is 0 Å². The summed E-state index contributed by atoms with van der Waals surface area (Å²) >= 11 is 0. The number of nitrogens with zero attached hydrogens (tertiary/aromatic N) is 3. The fourth-order valence-electron chi connectivity index (χ4n) is 3.70. The Morgan fingerprint density at radius 3 is 2.23 bits per heavy atom. The van der Waals surface area contributed by atoms with Crippen LogP contribution < -0.4 is 5.56 Å². The molecule has 1 aliphatic rings. The van der Waals surface area contributed by atoms with E-state index >= 15 is 0 Å². The van der Waals surface area contributed by atoms with Crippen LogP contribution in [-0.4, -0.2) is 34.3 Å². The highest BCUT2D eigenvalue weighted by molar-refractivity contribution is 5.61. The Bertz CT molecular complexity index is 899. The molecule has 4 rings (SSSR count). The van der Waals surface area contributed by atoms with Gasteiger partial charge in [0.1, 0.15) is 0 Å². The van der Waals surface area contributed by atoms with E-state index in [1.807, 2.05) is 54.6 Å². The van der Waals surface area contributed by atoms with Gasteiger partial charge in [0.25, 0.3) is 5.56 Å². The second kappa shape index (κ2) is 7.67. The minimum Gasteiger partial charge on any atom is -0.301 e. The van der Waals surface area contributed by atoms with Crippen LogP contribution in [0.25, 0.3) is 11.1 Å². The summed E-state index contributed by atoms with van der Waals surface area (Å²) in [7, 11) is 0. The maximum Gasteiger partial charge on any atom is 0.275 e. The van der Waals surface area contributed by atoms with Crippen LogP contribution in [0.4, 0.5) is 0 Å². The van der Waals surface area contributed by atoms with Crippen molar-refractivity contribution in [1.82, 2.24) is 14.7 Å². The number of hydrogen-bond donors (Lipinski definition) is 0. The summed E-state index contributed by atoms with van der Waals surface area (Å²) in [6.45, 7) is 3.00. The molecule has 4 heteroatoms. The molecule has 26 heavy (non-hydrogen) atoms. The van der Waals surface area contributed by atoms with Gasteiger partial charge in [-0.25, -0.2) is 4.68 Å². The van der Waals surface area contributed by atoms with E-state index in [0.29, 0.717) is 5.56 Å². The first kappa shape index (κ1) is 16.7. The first-order valence-electron chi connectivity index (χ1n) is 9.23. The van der Waals surface area contributed by atoms with Gasteiger partial charge in [0, 0.05) is 12.7 Å². The predicted octanol–water partition coefficient (Wildman–Crippen LogP) is 3.60. The Balaban J connectivity index is 1.77. The minimum atomic E-state index is -0.0783. The van der Waals surface area contributed by atoms with Crippen molar-refractivity contribution in [1.29, 1.82) is 0 Å².